The number of hydrogen-bond donors (Lipinski definition) is 1. The summed E-state index contributed by atoms with van der Waals surface area (Å²) in [7, 11) is 0. The van der Waals surface area contributed by atoms with Gasteiger partial charge in [-0.25, -0.2) is 4.98 Å². The molecular formula is C23H27N3O2S. The highest BCUT2D eigenvalue weighted by molar-refractivity contribution is 7.22. The van der Waals surface area contributed by atoms with E-state index in [1.807, 2.05) is 37.3 Å². The van der Waals surface area contributed by atoms with Gasteiger partial charge in [0.25, 0.3) is 0 Å². The Kier molecular flexibility index (Phi) is 5.72. The number of aryl methyl sites for hydroxylation is 2. The number of nitrogens with one attached hydrogen (secondary N) is 1. The maximum absolute atomic E-state index is 12.9. The highest BCUT2D eigenvalue weighted by Gasteiger charge is 2.27. The summed E-state index contributed by atoms with van der Waals surface area (Å²) in [6.45, 7) is 8.38. The molecule has 1 amide bonds. The van der Waals surface area contributed by atoms with Gasteiger partial charge >= 0.3 is 0 Å². The number of anilines is 2. The summed E-state index contributed by atoms with van der Waals surface area (Å²) in [5.41, 5.74) is 4.18. The topological polar surface area (TPSA) is 54.5 Å². The van der Waals surface area contributed by atoms with Crippen molar-refractivity contribution in [3.8, 4) is 5.75 Å². The molecule has 0 radical (unpaired) electrons. The molecule has 1 aliphatic heterocycles. The summed E-state index contributed by atoms with van der Waals surface area (Å²) in [5.74, 6) is 0.939. The second-order valence-electron chi connectivity index (χ2n) is 7.71. The summed E-state index contributed by atoms with van der Waals surface area (Å²) < 4.78 is 6.72. The Morgan fingerprint density at radius 1 is 1.24 bits per heavy atom. The molecule has 1 fully saturated rings. The number of ether oxygens (including phenoxy) is 1. The molecule has 6 heteroatoms. The van der Waals surface area contributed by atoms with Crippen molar-refractivity contribution in [1.29, 1.82) is 0 Å². The van der Waals surface area contributed by atoms with Gasteiger partial charge in [0.2, 0.25) is 5.91 Å². The summed E-state index contributed by atoms with van der Waals surface area (Å²) in [6, 6.07) is 12.2. The molecule has 1 aliphatic rings. The first-order chi connectivity index (χ1) is 14.0. The summed E-state index contributed by atoms with van der Waals surface area (Å²) >= 11 is 1.67. The van der Waals surface area contributed by atoms with Crippen LogP contribution < -0.4 is 15.0 Å². The number of benzene rings is 2. The molecule has 0 saturated carbocycles. The van der Waals surface area contributed by atoms with Crippen LogP contribution in [0.2, 0.25) is 0 Å². The van der Waals surface area contributed by atoms with Gasteiger partial charge in [0.1, 0.15) is 5.75 Å². The molecule has 0 aliphatic carbocycles. The smallest absolute Gasteiger partial charge is 0.229 e. The third kappa shape index (κ3) is 4.53. The largest absolute Gasteiger partial charge is 0.494 e. The minimum Gasteiger partial charge on any atom is -0.494 e. The number of fused-ring (bicyclic) bond motifs is 1. The van der Waals surface area contributed by atoms with E-state index in [9.17, 15) is 4.79 Å². The third-order valence-electron chi connectivity index (χ3n) is 5.21. The van der Waals surface area contributed by atoms with E-state index in [4.69, 9.17) is 9.72 Å². The van der Waals surface area contributed by atoms with E-state index >= 15 is 0 Å². The monoisotopic (exact) mass is 409 g/mol. The van der Waals surface area contributed by atoms with Crippen molar-refractivity contribution < 1.29 is 9.53 Å². The van der Waals surface area contributed by atoms with E-state index in [2.05, 4.69) is 30.1 Å². The zero-order valence-corrected chi connectivity index (χ0v) is 18.0. The number of nitrogens with zero attached hydrogens (tertiary/aromatic N) is 2. The van der Waals surface area contributed by atoms with Crippen molar-refractivity contribution in [2.24, 2.45) is 5.92 Å². The van der Waals surface area contributed by atoms with Gasteiger partial charge in [-0.05, 0) is 75.1 Å². The van der Waals surface area contributed by atoms with Crippen molar-refractivity contribution in [3.05, 3.63) is 47.5 Å². The van der Waals surface area contributed by atoms with E-state index < -0.39 is 0 Å². The molecule has 29 heavy (non-hydrogen) atoms. The lowest BCUT2D eigenvalue weighted by molar-refractivity contribution is -0.120. The zero-order chi connectivity index (χ0) is 20.4. The number of aromatic nitrogens is 1. The number of hydrogen-bond acceptors (Lipinski definition) is 5. The van der Waals surface area contributed by atoms with Crippen molar-refractivity contribution in [1.82, 2.24) is 4.98 Å². The average molecular weight is 410 g/mol. The minimum atomic E-state index is -0.0319. The predicted octanol–water partition coefficient (Wildman–Crippen LogP) is 5.17. The van der Waals surface area contributed by atoms with Gasteiger partial charge in [-0.2, -0.15) is 0 Å². The summed E-state index contributed by atoms with van der Waals surface area (Å²) in [4.78, 5) is 19.9. The molecule has 1 saturated heterocycles. The Balaban J connectivity index is 1.47. The molecule has 0 bridgehead atoms. The normalized spacial score (nSPS) is 16.8. The van der Waals surface area contributed by atoms with Gasteiger partial charge in [0.05, 0.1) is 22.7 Å². The predicted molar refractivity (Wildman–Crippen MR) is 120 cm³/mol. The van der Waals surface area contributed by atoms with Crippen LogP contribution in [-0.4, -0.2) is 30.6 Å². The molecule has 2 aromatic carbocycles. The number of amides is 1. The number of rotatable bonds is 5. The molecule has 1 atom stereocenters. The molecular weight excluding hydrogens is 382 g/mol. The fraction of sp³-hybridized carbons (Fsp3) is 0.391. The number of thiazole rings is 1. The van der Waals surface area contributed by atoms with Crippen molar-refractivity contribution in [3.63, 3.8) is 0 Å². The molecule has 152 valence electrons. The van der Waals surface area contributed by atoms with Crippen molar-refractivity contribution in [2.45, 2.75) is 33.6 Å². The van der Waals surface area contributed by atoms with Crippen LogP contribution in [-0.2, 0) is 4.79 Å². The van der Waals surface area contributed by atoms with Gasteiger partial charge < -0.3 is 15.0 Å². The SMILES string of the molecule is CCOc1ccc2nc(N3CCCC(C(=O)Nc4cc(C)cc(C)c4)C3)sc2c1. The summed E-state index contributed by atoms with van der Waals surface area (Å²) in [5, 5.41) is 4.10. The lowest BCUT2D eigenvalue weighted by Crippen LogP contribution is -2.40. The zero-order valence-electron chi connectivity index (χ0n) is 17.2. The number of carbonyl (C=O) groups excluding carboxylic acids is 1. The molecule has 0 spiro atoms. The average Bonchev–Trinajstić information content (AvgIpc) is 3.11. The maximum Gasteiger partial charge on any atom is 0.229 e. The van der Waals surface area contributed by atoms with E-state index in [0.29, 0.717) is 13.2 Å². The fourth-order valence-corrected chi connectivity index (χ4v) is 4.97. The Bertz CT molecular complexity index is 1010. The van der Waals surface area contributed by atoms with E-state index in [1.165, 1.54) is 0 Å². The quantitative estimate of drug-likeness (QED) is 0.632. The van der Waals surface area contributed by atoms with E-state index in [0.717, 1.165) is 57.3 Å². The minimum absolute atomic E-state index is 0.0319. The Morgan fingerprint density at radius 2 is 2.03 bits per heavy atom. The van der Waals surface area contributed by atoms with E-state index in [-0.39, 0.29) is 11.8 Å². The third-order valence-corrected chi connectivity index (χ3v) is 6.29. The lowest BCUT2D eigenvalue weighted by atomic mass is 9.97. The first kappa shape index (κ1) is 19.7. The maximum atomic E-state index is 12.9. The van der Waals surface area contributed by atoms with Crippen molar-refractivity contribution in [2.75, 3.05) is 29.9 Å². The Morgan fingerprint density at radius 3 is 2.79 bits per heavy atom. The molecule has 5 nitrogen and oxygen atoms in total. The molecule has 4 rings (SSSR count). The number of carbonyl (C=O) groups is 1. The molecule has 1 aromatic heterocycles. The molecule has 1 N–H and O–H groups in total. The standard InChI is InChI=1S/C23H27N3O2S/c1-4-28-19-7-8-20-21(13-19)29-23(25-20)26-9-5-6-17(14-26)22(27)24-18-11-15(2)10-16(3)12-18/h7-8,10-13,17H,4-6,9,14H2,1-3H3,(H,24,27). The Hall–Kier alpha value is -2.60. The number of piperidine rings is 1. The summed E-state index contributed by atoms with van der Waals surface area (Å²) in [6.07, 6.45) is 1.90. The van der Waals surface area contributed by atoms with Gasteiger partial charge in [0.15, 0.2) is 5.13 Å². The highest BCUT2D eigenvalue weighted by atomic mass is 32.1. The van der Waals surface area contributed by atoms with Gasteiger partial charge in [-0.1, -0.05) is 17.4 Å². The highest BCUT2D eigenvalue weighted by Crippen LogP contribution is 2.33. The van der Waals surface area contributed by atoms with Crippen molar-refractivity contribution >= 4 is 38.3 Å². The van der Waals surface area contributed by atoms with Crippen LogP contribution >= 0.6 is 11.3 Å². The molecule has 2 heterocycles. The van der Waals surface area contributed by atoms with Gasteiger partial charge in [-0.15, -0.1) is 0 Å². The second-order valence-corrected chi connectivity index (χ2v) is 8.72. The first-order valence-corrected chi connectivity index (χ1v) is 11.0. The van der Waals surface area contributed by atoms with Crippen LogP contribution in [0.3, 0.4) is 0 Å². The van der Waals surface area contributed by atoms with Crippen LogP contribution in [0.4, 0.5) is 10.8 Å². The second kappa shape index (κ2) is 8.41. The lowest BCUT2D eigenvalue weighted by Gasteiger charge is -2.31. The van der Waals surface area contributed by atoms with Crippen LogP contribution in [0.15, 0.2) is 36.4 Å². The fourth-order valence-electron chi connectivity index (χ4n) is 3.94. The molecule has 1 unspecified atom stereocenters. The van der Waals surface area contributed by atoms with Gasteiger partial charge in [-0.3, -0.25) is 4.79 Å². The van der Waals surface area contributed by atoms with Crippen LogP contribution in [0.1, 0.15) is 30.9 Å². The Labute approximate surface area is 175 Å². The van der Waals surface area contributed by atoms with Crippen LogP contribution in [0.5, 0.6) is 5.75 Å². The van der Waals surface area contributed by atoms with E-state index in [1.54, 1.807) is 11.3 Å². The van der Waals surface area contributed by atoms with Crippen LogP contribution in [0, 0.1) is 19.8 Å². The van der Waals surface area contributed by atoms with Crippen LogP contribution in [0.25, 0.3) is 10.2 Å². The molecule has 3 aromatic rings. The first-order valence-electron chi connectivity index (χ1n) is 10.2. The van der Waals surface area contributed by atoms with Gasteiger partial charge in [0, 0.05) is 18.8 Å².